The number of nitrogens with one attached hydrogen (secondary N) is 1. The lowest BCUT2D eigenvalue weighted by molar-refractivity contribution is -0.126. The van der Waals surface area contributed by atoms with E-state index in [1.165, 1.54) is 0 Å². The first-order valence-corrected chi connectivity index (χ1v) is 12.4. The zero-order chi connectivity index (χ0) is 25.8. The predicted molar refractivity (Wildman–Crippen MR) is 146 cm³/mol. The quantitative estimate of drug-likeness (QED) is 0.364. The average Bonchev–Trinajstić information content (AvgIpc) is 2.85. The van der Waals surface area contributed by atoms with E-state index in [2.05, 4.69) is 17.4 Å². The van der Waals surface area contributed by atoms with E-state index < -0.39 is 11.7 Å². The van der Waals surface area contributed by atoms with Crippen LogP contribution in [-0.4, -0.2) is 41.6 Å². The van der Waals surface area contributed by atoms with Gasteiger partial charge in [0.2, 0.25) is 5.91 Å². The standard InChI is InChI=1S/C31H36N2O3/c1-31(2,3)36-30(35)32-28(23-27-17-11-6-12-18-27)24-33(22-21-26-15-9-5-10-16-26)29(34)20-19-25-13-7-4-8-14-25/h4-20,28H,21-24H2,1-3H3,(H,32,35)/b20-19+/t28-/m0/s1. The van der Waals surface area contributed by atoms with Crippen LogP contribution in [0.4, 0.5) is 4.79 Å². The van der Waals surface area contributed by atoms with Crippen molar-refractivity contribution in [3.8, 4) is 0 Å². The monoisotopic (exact) mass is 484 g/mol. The van der Waals surface area contributed by atoms with Crippen LogP contribution in [0.15, 0.2) is 97.1 Å². The van der Waals surface area contributed by atoms with Crippen molar-refractivity contribution >= 4 is 18.1 Å². The van der Waals surface area contributed by atoms with E-state index in [9.17, 15) is 9.59 Å². The van der Waals surface area contributed by atoms with Gasteiger partial charge >= 0.3 is 6.09 Å². The summed E-state index contributed by atoms with van der Waals surface area (Å²) in [6, 6.07) is 29.5. The van der Waals surface area contributed by atoms with Crippen LogP contribution in [0.2, 0.25) is 0 Å². The van der Waals surface area contributed by atoms with Gasteiger partial charge in [-0.1, -0.05) is 91.0 Å². The maximum atomic E-state index is 13.3. The van der Waals surface area contributed by atoms with Crippen LogP contribution >= 0.6 is 0 Å². The van der Waals surface area contributed by atoms with Gasteiger partial charge in [0.25, 0.3) is 0 Å². The molecule has 0 saturated carbocycles. The molecule has 1 N–H and O–H groups in total. The highest BCUT2D eigenvalue weighted by atomic mass is 16.6. The Morgan fingerprint density at radius 3 is 2.00 bits per heavy atom. The van der Waals surface area contributed by atoms with Gasteiger partial charge in [-0.25, -0.2) is 4.79 Å². The highest BCUT2D eigenvalue weighted by Gasteiger charge is 2.23. The van der Waals surface area contributed by atoms with Crippen LogP contribution in [0, 0.1) is 0 Å². The first kappa shape index (κ1) is 26.7. The molecule has 3 aromatic carbocycles. The molecule has 0 aliphatic heterocycles. The second-order valence-electron chi connectivity index (χ2n) is 9.80. The number of rotatable bonds is 10. The Hall–Kier alpha value is -3.86. The summed E-state index contributed by atoms with van der Waals surface area (Å²) >= 11 is 0. The molecule has 0 radical (unpaired) electrons. The molecule has 0 fully saturated rings. The number of amides is 2. The summed E-state index contributed by atoms with van der Waals surface area (Å²) in [5.41, 5.74) is 2.58. The lowest BCUT2D eigenvalue weighted by Crippen LogP contribution is -2.48. The third-order valence-electron chi connectivity index (χ3n) is 5.53. The number of hydrogen-bond donors (Lipinski definition) is 1. The highest BCUT2D eigenvalue weighted by Crippen LogP contribution is 2.11. The second-order valence-corrected chi connectivity index (χ2v) is 9.80. The Balaban J connectivity index is 1.79. The van der Waals surface area contributed by atoms with Crippen molar-refractivity contribution < 1.29 is 14.3 Å². The minimum absolute atomic E-state index is 0.0983. The van der Waals surface area contributed by atoms with E-state index in [4.69, 9.17) is 4.74 Å². The van der Waals surface area contributed by atoms with Crippen LogP contribution in [0.3, 0.4) is 0 Å². The van der Waals surface area contributed by atoms with Crippen LogP contribution in [0.1, 0.15) is 37.5 Å². The van der Waals surface area contributed by atoms with Crippen molar-refractivity contribution in [1.29, 1.82) is 0 Å². The summed E-state index contributed by atoms with van der Waals surface area (Å²) in [7, 11) is 0. The third-order valence-corrected chi connectivity index (χ3v) is 5.53. The minimum atomic E-state index is -0.609. The Labute approximate surface area is 214 Å². The molecule has 1 atom stereocenters. The zero-order valence-electron chi connectivity index (χ0n) is 21.4. The summed E-state index contributed by atoms with van der Waals surface area (Å²) in [6.07, 6.45) is 4.24. The van der Waals surface area contributed by atoms with E-state index in [0.29, 0.717) is 19.5 Å². The van der Waals surface area contributed by atoms with Gasteiger partial charge < -0.3 is 15.0 Å². The number of benzene rings is 3. The molecule has 0 bridgehead atoms. The summed E-state index contributed by atoms with van der Waals surface area (Å²) in [5, 5.41) is 3.00. The van der Waals surface area contributed by atoms with E-state index in [0.717, 1.165) is 23.1 Å². The number of nitrogens with zero attached hydrogens (tertiary/aromatic N) is 1. The highest BCUT2D eigenvalue weighted by molar-refractivity contribution is 5.91. The molecule has 0 saturated heterocycles. The van der Waals surface area contributed by atoms with Gasteiger partial charge in [-0.3, -0.25) is 4.79 Å². The maximum absolute atomic E-state index is 13.3. The maximum Gasteiger partial charge on any atom is 0.407 e. The fraction of sp³-hybridized carbons (Fsp3) is 0.290. The van der Waals surface area contributed by atoms with Crippen LogP contribution in [-0.2, 0) is 22.4 Å². The second kappa shape index (κ2) is 13.3. The van der Waals surface area contributed by atoms with Crippen molar-refractivity contribution in [1.82, 2.24) is 10.2 Å². The molecule has 3 aromatic rings. The van der Waals surface area contributed by atoms with Gasteiger partial charge in [0.1, 0.15) is 5.60 Å². The molecule has 5 heteroatoms. The van der Waals surface area contributed by atoms with E-state index in [1.54, 1.807) is 11.0 Å². The van der Waals surface area contributed by atoms with Gasteiger partial charge in [-0.15, -0.1) is 0 Å². The van der Waals surface area contributed by atoms with Crippen LogP contribution in [0.25, 0.3) is 6.08 Å². The smallest absolute Gasteiger partial charge is 0.407 e. The molecular weight excluding hydrogens is 448 g/mol. The zero-order valence-corrected chi connectivity index (χ0v) is 21.4. The summed E-state index contributed by atoms with van der Waals surface area (Å²) in [4.78, 5) is 27.8. The van der Waals surface area contributed by atoms with E-state index >= 15 is 0 Å². The number of hydrogen-bond acceptors (Lipinski definition) is 3. The van der Waals surface area contributed by atoms with Crippen molar-refractivity contribution in [3.05, 3.63) is 114 Å². The fourth-order valence-corrected chi connectivity index (χ4v) is 3.84. The molecule has 0 aliphatic rings. The SMILES string of the molecule is CC(C)(C)OC(=O)N[C@@H](Cc1ccccc1)CN(CCc1ccccc1)C(=O)/C=C/c1ccccc1. The topological polar surface area (TPSA) is 58.6 Å². The Morgan fingerprint density at radius 1 is 0.861 bits per heavy atom. The molecule has 0 aliphatic carbocycles. The summed E-state index contributed by atoms with van der Waals surface area (Å²) < 4.78 is 5.52. The average molecular weight is 485 g/mol. The van der Waals surface area contributed by atoms with Gasteiger partial charge in [0.15, 0.2) is 0 Å². The third kappa shape index (κ3) is 9.79. The number of alkyl carbamates (subject to hydrolysis) is 1. The number of carbonyl (C=O) groups is 2. The molecule has 0 unspecified atom stereocenters. The molecule has 0 aromatic heterocycles. The normalized spacial score (nSPS) is 12.2. The van der Waals surface area contributed by atoms with Gasteiger partial charge in [-0.2, -0.15) is 0 Å². The molecular formula is C31H36N2O3. The van der Waals surface area contributed by atoms with Gasteiger partial charge in [0, 0.05) is 19.2 Å². The number of carbonyl (C=O) groups excluding carboxylic acids is 2. The Kier molecular flexibility index (Phi) is 9.87. The van der Waals surface area contributed by atoms with E-state index in [1.807, 2.05) is 106 Å². The first-order valence-electron chi connectivity index (χ1n) is 12.4. The molecule has 0 heterocycles. The first-order chi connectivity index (χ1) is 17.3. The molecule has 3 rings (SSSR count). The Morgan fingerprint density at radius 2 is 1.42 bits per heavy atom. The van der Waals surface area contributed by atoms with E-state index in [-0.39, 0.29) is 11.9 Å². The fourth-order valence-electron chi connectivity index (χ4n) is 3.84. The molecule has 188 valence electrons. The van der Waals surface area contributed by atoms with Crippen molar-refractivity contribution in [2.75, 3.05) is 13.1 Å². The predicted octanol–water partition coefficient (Wildman–Crippen LogP) is 5.91. The Bertz CT molecular complexity index is 1110. The van der Waals surface area contributed by atoms with Gasteiger partial charge in [0.05, 0.1) is 6.04 Å². The largest absolute Gasteiger partial charge is 0.444 e. The summed E-state index contributed by atoms with van der Waals surface area (Å²) in [5.74, 6) is -0.0983. The molecule has 0 spiro atoms. The lowest BCUT2D eigenvalue weighted by atomic mass is 10.0. The van der Waals surface area contributed by atoms with Crippen molar-refractivity contribution in [2.45, 2.75) is 45.3 Å². The minimum Gasteiger partial charge on any atom is -0.444 e. The van der Waals surface area contributed by atoms with Crippen LogP contribution in [0.5, 0.6) is 0 Å². The molecule has 5 nitrogen and oxygen atoms in total. The lowest BCUT2D eigenvalue weighted by Gasteiger charge is -2.29. The van der Waals surface area contributed by atoms with Crippen LogP contribution < -0.4 is 5.32 Å². The van der Waals surface area contributed by atoms with Crippen molar-refractivity contribution in [3.63, 3.8) is 0 Å². The van der Waals surface area contributed by atoms with Crippen molar-refractivity contribution in [2.24, 2.45) is 0 Å². The summed E-state index contributed by atoms with van der Waals surface area (Å²) in [6.45, 7) is 6.40. The van der Waals surface area contributed by atoms with Gasteiger partial charge in [-0.05, 0) is 56.4 Å². The molecule has 36 heavy (non-hydrogen) atoms. The number of ether oxygens (including phenoxy) is 1. The molecule has 2 amide bonds.